The van der Waals surface area contributed by atoms with Crippen LogP contribution in [-0.4, -0.2) is 115 Å². The summed E-state index contributed by atoms with van der Waals surface area (Å²) in [7, 11) is -9.24. The minimum absolute atomic E-state index is 0. The van der Waals surface area contributed by atoms with E-state index in [1.807, 2.05) is 9.44 Å². The predicted molar refractivity (Wildman–Crippen MR) is 448 cm³/mol. The molecule has 15 aliphatic carbocycles. The van der Waals surface area contributed by atoms with Gasteiger partial charge in [0.05, 0.1) is 134 Å². The summed E-state index contributed by atoms with van der Waals surface area (Å²) in [6, 6.07) is 15.9. The predicted octanol–water partition coefficient (Wildman–Crippen LogP) is 18.3. The number of alkyl halides is 12. The van der Waals surface area contributed by atoms with E-state index in [-0.39, 0.29) is 79.1 Å². The maximum absolute atomic E-state index is 13.1. The molecule has 704 valence electrons. The second-order valence-corrected chi connectivity index (χ2v) is 41.7. The molecule has 4 aromatic carbocycles. The monoisotopic (exact) mass is 1880 g/mol. The van der Waals surface area contributed by atoms with Crippen LogP contribution in [-0.2, 0) is 73.8 Å². The molecular formula is C85H109ClF12N10O16S3. The minimum atomic E-state index is -4.70. The van der Waals surface area contributed by atoms with E-state index in [4.69, 9.17) is 37.9 Å². The van der Waals surface area contributed by atoms with Gasteiger partial charge < -0.3 is 42.2 Å². The van der Waals surface area contributed by atoms with Gasteiger partial charge in [0.25, 0.3) is 5.91 Å². The van der Waals surface area contributed by atoms with E-state index >= 15 is 0 Å². The van der Waals surface area contributed by atoms with E-state index in [0.29, 0.717) is 91.2 Å². The molecule has 2 amide bonds. The van der Waals surface area contributed by atoms with Crippen molar-refractivity contribution in [2.75, 3.05) is 52.9 Å². The van der Waals surface area contributed by atoms with Crippen molar-refractivity contribution in [3.63, 3.8) is 0 Å². The van der Waals surface area contributed by atoms with Crippen LogP contribution in [0.5, 0.6) is 0 Å². The fraction of sp³-hybridized carbons (Fsp3) is 0.612. The molecule has 4 aromatic rings. The molecule has 26 nitrogen and oxygen atoms in total. The summed E-state index contributed by atoms with van der Waals surface area (Å²) in [6.45, 7) is 7.03. The van der Waals surface area contributed by atoms with Crippen molar-refractivity contribution in [2.24, 2.45) is 54.8 Å². The molecule has 0 aliphatic heterocycles. The summed E-state index contributed by atoms with van der Waals surface area (Å²) >= 11 is 0. The Hall–Kier alpha value is -9.37. The molecule has 0 radical (unpaired) electrons. The van der Waals surface area contributed by atoms with Crippen molar-refractivity contribution in [2.45, 2.75) is 249 Å². The quantitative estimate of drug-likeness (QED) is 0.0341. The number of nitrogen functional groups attached to an aromatic ring is 1. The lowest BCUT2D eigenvalue weighted by Crippen LogP contribution is -2.56. The Balaban J connectivity index is 0.000000228. The molecule has 0 saturated heterocycles. The highest BCUT2D eigenvalue weighted by molar-refractivity contribution is 7.92. The maximum Gasteiger partial charge on any atom is 0.416 e. The summed E-state index contributed by atoms with van der Waals surface area (Å²) in [4.78, 5) is 68.3. The summed E-state index contributed by atoms with van der Waals surface area (Å²) in [6.07, 6.45) is 14.1. The summed E-state index contributed by atoms with van der Waals surface area (Å²) < 4.78 is 232. The van der Waals surface area contributed by atoms with Crippen LogP contribution in [0, 0.1) is 77.3 Å². The molecular weight excluding hydrogens is 1780 g/mol. The number of fused-ring (bicyclic) bond motifs is 15. The summed E-state index contributed by atoms with van der Waals surface area (Å²) in [5.41, 5.74) is 10.3. The number of hydrogen-bond acceptors (Lipinski definition) is 19. The lowest BCUT2D eigenvalue weighted by molar-refractivity contribution is -0.158. The third-order valence-electron chi connectivity index (χ3n) is 27.1. The van der Waals surface area contributed by atoms with Crippen molar-refractivity contribution in [1.29, 1.82) is 15.8 Å². The number of nitrogens with two attached hydrogens (primary N) is 3. The normalized spacial score (nSPS) is 28.0. The first-order chi connectivity index (χ1) is 57.8. The fourth-order valence-electron chi connectivity index (χ4n) is 17.9. The molecule has 15 saturated carbocycles. The number of methoxy groups -OCH3 is 2. The second kappa shape index (κ2) is 39.9. The number of carboxylic acids is 2. The van der Waals surface area contributed by atoms with Crippen LogP contribution in [0.1, 0.15) is 277 Å². The van der Waals surface area contributed by atoms with Gasteiger partial charge in [0.15, 0.2) is 0 Å². The van der Waals surface area contributed by atoms with Gasteiger partial charge in [0.2, 0.25) is 36.0 Å². The van der Waals surface area contributed by atoms with Crippen molar-refractivity contribution in [3.05, 3.63) is 117 Å². The van der Waals surface area contributed by atoms with Crippen LogP contribution in [0.25, 0.3) is 0 Å². The number of hydrogen-bond donors (Lipinski definition) is 9. The maximum atomic E-state index is 13.1. The number of rotatable bonds is 13. The Morgan fingerprint density at radius 2 is 0.661 bits per heavy atom. The third kappa shape index (κ3) is 28.3. The highest BCUT2D eigenvalue weighted by Crippen LogP contribution is 2.60. The van der Waals surface area contributed by atoms with Gasteiger partial charge in [-0.15, -0.1) is 12.4 Å². The van der Waals surface area contributed by atoms with E-state index in [1.165, 1.54) is 57.8 Å². The highest BCUT2D eigenvalue weighted by atomic mass is 35.5. The number of esters is 2. The van der Waals surface area contributed by atoms with Crippen LogP contribution < -0.4 is 36.7 Å². The molecule has 0 unspecified atom stereocenters. The van der Waals surface area contributed by atoms with E-state index < -0.39 is 129 Å². The van der Waals surface area contributed by atoms with E-state index in [2.05, 4.69) is 58.5 Å². The number of primary amides is 1. The molecule has 127 heavy (non-hydrogen) atoms. The second-order valence-electron chi connectivity index (χ2n) is 36.4. The number of aliphatic carboxylic acids is 1. The van der Waals surface area contributed by atoms with Crippen LogP contribution in [0.15, 0.2) is 72.8 Å². The lowest BCUT2D eigenvalue weighted by Gasteiger charge is -2.50. The number of aromatic carboxylic acids is 1. The molecule has 12 N–H and O–H groups in total. The summed E-state index contributed by atoms with van der Waals surface area (Å²) in [5.74, 6) is -4.99. The van der Waals surface area contributed by atoms with Gasteiger partial charge in [0, 0.05) is 22.2 Å². The molecule has 0 aromatic heterocycles. The number of sulfonamides is 3. The Kier molecular flexibility index (Phi) is 33.4. The first kappa shape index (κ1) is 106. The van der Waals surface area contributed by atoms with Crippen LogP contribution in [0.3, 0.4) is 0 Å². The smallest absolute Gasteiger partial charge is 0.416 e. The van der Waals surface area contributed by atoms with Crippen molar-refractivity contribution < 1.29 is 126 Å². The zero-order valence-corrected chi connectivity index (χ0v) is 74.8. The average Bonchev–Trinajstić information content (AvgIpc) is 0.782. The molecule has 42 heteroatoms. The largest absolute Gasteiger partial charge is 0.481 e. The molecule has 10 bridgehead atoms. The Bertz CT molecular complexity index is 5010. The molecule has 0 spiro atoms. The van der Waals surface area contributed by atoms with E-state index in [0.717, 1.165) is 166 Å². The van der Waals surface area contributed by atoms with E-state index in [1.54, 1.807) is 0 Å². The standard InChI is InChI=1S/C18H20F3N3O3S.C10H10F3NO4S.C10H17NO.C10H15N.C10H16O2.C9H8F3NO4S.C9H8F3NO2.C9H14N2.ClH/c1-28(26,27)24-14-3-2-12(18(19,20)21)10-13(14)15(25)23-17-7-4-16(11-22,5-8-17)6-9-17;1-18-9(15)7-5-6(10(11,12)13)3-4-8(7)14-19(2,16)17;1-9-2-5-10(6-3-9,7-4-9)8(11)12;1-9-2-5-10(8-11,6-3-9)7-4-9;1-9-2-5-10(6-3-9,7-4-9)8(11)12;1-18(16,17)13-7-3-2-5(9(10,11)12)4-6(7)8(14)15;1-15-8(14)6-4-5(9(10,11)12)2-3-7(6)13;10-7-8-1-4-9(11,5-2-8)6-3-8;/h2-3,10,24H,4-9H2,1H3,(H,23,25);3-5,14H,1-2H3;2-7H2,1H3,(H2,11,12);2-7H2,1H3;2-7H2,1H3,(H,11,12);2-4,13H,1H3,(H,14,15);2-4H,13H2,1H3;1-6,11H2;1H. The van der Waals surface area contributed by atoms with Crippen molar-refractivity contribution in [1.82, 2.24) is 5.32 Å². The first-order valence-electron chi connectivity index (χ1n) is 40.6. The van der Waals surface area contributed by atoms with Gasteiger partial charge >= 0.3 is 48.6 Å². The lowest BCUT2D eigenvalue weighted by atomic mass is 9.54. The number of nitriles is 3. The number of amides is 2. The zero-order chi connectivity index (χ0) is 95.0. The van der Waals surface area contributed by atoms with Gasteiger partial charge in [-0.05, 0) is 282 Å². The molecule has 15 fully saturated rings. The molecule has 0 atom stereocenters. The first-order valence-corrected chi connectivity index (χ1v) is 46.3. The number of nitrogens with zero attached hydrogens (tertiary/aromatic N) is 3. The number of anilines is 4. The topological polar surface area (TPSA) is 461 Å². The molecule has 0 heterocycles. The number of carbonyl (C=O) groups is 6. The average molecular weight is 1890 g/mol. The summed E-state index contributed by atoms with van der Waals surface area (Å²) in [5, 5.41) is 48.0. The SMILES string of the molecule is CC12CCC(C#N)(CC1)CC2.CC12CCC(C(=O)O)(CC1)CC2.CC12CCC(C(N)=O)(CC1)CC2.COC(=O)c1cc(C(F)(F)F)ccc1N.COC(=O)c1cc(C(F)(F)F)ccc1NS(C)(=O)=O.CS(=O)(=O)Nc1ccc(C(F)(F)F)cc1C(=O)NC12CCC(C#N)(CC1)CC2.CS(=O)(=O)Nc1ccc(C(F)(F)F)cc1C(=O)O.Cl.N#CC12CCC(N)(CC1)CC2. The van der Waals surface area contributed by atoms with Gasteiger partial charge in [0.1, 0.15) is 0 Å². The number of nitrogens with one attached hydrogen (secondary N) is 4. The molecule has 19 rings (SSSR count). The van der Waals surface area contributed by atoms with Gasteiger partial charge in [-0.25, -0.2) is 39.6 Å². The van der Waals surface area contributed by atoms with Crippen LogP contribution in [0.4, 0.5) is 75.4 Å². The Morgan fingerprint density at radius 1 is 0.402 bits per heavy atom. The van der Waals surface area contributed by atoms with Crippen molar-refractivity contribution >= 4 is 101 Å². The van der Waals surface area contributed by atoms with Crippen LogP contribution in [0.2, 0.25) is 0 Å². The van der Waals surface area contributed by atoms with Gasteiger partial charge in [-0.2, -0.15) is 68.5 Å². The van der Waals surface area contributed by atoms with Crippen LogP contribution >= 0.6 is 12.4 Å². The number of carboxylic acid groups (broad SMARTS) is 2. The van der Waals surface area contributed by atoms with Gasteiger partial charge in [-0.3, -0.25) is 28.5 Å². The number of benzene rings is 4. The fourth-order valence-corrected chi connectivity index (χ4v) is 19.6. The van der Waals surface area contributed by atoms with E-state index in [9.17, 15) is 112 Å². The van der Waals surface area contributed by atoms with Gasteiger partial charge in [-0.1, -0.05) is 20.8 Å². The minimum Gasteiger partial charge on any atom is -0.481 e. The van der Waals surface area contributed by atoms with Crippen molar-refractivity contribution in [3.8, 4) is 18.2 Å². The number of ether oxygens (including phenoxy) is 2. The zero-order valence-electron chi connectivity index (χ0n) is 71.5. The molecule has 15 aliphatic rings. The Morgan fingerprint density at radius 3 is 0.953 bits per heavy atom. The number of carbonyl (C=O) groups excluding carboxylic acids is 4. The Labute approximate surface area is 736 Å². The highest BCUT2D eigenvalue weighted by Gasteiger charge is 2.54. The third-order valence-corrected chi connectivity index (χ3v) is 28.8. The number of halogens is 13.